The van der Waals surface area contributed by atoms with E-state index in [9.17, 15) is 14.7 Å². The van der Waals surface area contributed by atoms with Gasteiger partial charge in [-0.2, -0.15) is 5.10 Å². The molecule has 1 aromatic carbocycles. The monoisotopic (exact) mass is 331 g/mol. The molecular weight excluding hydrogens is 310 g/mol. The highest BCUT2D eigenvalue weighted by Crippen LogP contribution is 2.22. The van der Waals surface area contributed by atoms with Crippen LogP contribution < -0.4 is 0 Å². The van der Waals surface area contributed by atoms with Crippen molar-refractivity contribution in [3.05, 3.63) is 53.9 Å². The molecule has 24 heavy (non-hydrogen) atoms. The molecule has 0 bridgehead atoms. The summed E-state index contributed by atoms with van der Waals surface area (Å²) in [5, 5.41) is 13.6. The number of aliphatic carboxylic acids is 1. The van der Waals surface area contributed by atoms with E-state index in [1.165, 1.54) is 11.1 Å². The lowest BCUT2D eigenvalue weighted by Gasteiger charge is -2.26. The molecule has 0 aliphatic heterocycles. The van der Waals surface area contributed by atoms with Crippen LogP contribution in [0, 0.1) is 0 Å². The second-order valence-corrected chi connectivity index (χ2v) is 5.20. The highest BCUT2D eigenvalue weighted by Gasteiger charge is 2.32. The fourth-order valence-corrected chi connectivity index (χ4v) is 2.37. The quantitative estimate of drug-likeness (QED) is 0.843. The van der Waals surface area contributed by atoms with Crippen LogP contribution in [0.15, 0.2) is 42.7 Å². The van der Waals surface area contributed by atoms with Crippen molar-refractivity contribution in [2.45, 2.75) is 33.0 Å². The Balaban J connectivity index is 2.13. The topological polar surface area (TPSA) is 84.7 Å². The average Bonchev–Trinajstić information content (AvgIpc) is 3.06. The zero-order valence-electron chi connectivity index (χ0n) is 13.8. The molecule has 1 atom stereocenters. The molecular formula is C17H21N3O4. The summed E-state index contributed by atoms with van der Waals surface area (Å²) in [4.78, 5) is 25.2. The molecule has 0 radical (unpaired) electrons. The van der Waals surface area contributed by atoms with Gasteiger partial charge >= 0.3 is 12.1 Å². The summed E-state index contributed by atoms with van der Waals surface area (Å²) in [5.41, 5.74) is 1.29. The maximum absolute atomic E-state index is 12.4. The summed E-state index contributed by atoms with van der Waals surface area (Å²) in [7, 11) is 0. The maximum atomic E-state index is 12.4. The van der Waals surface area contributed by atoms with Gasteiger partial charge in [0.25, 0.3) is 0 Å². The SMILES string of the molecule is CCN(C(=O)OCc1ccccc1)C(C(=O)O)c1cnn(CC)c1. The van der Waals surface area contributed by atoms with E-state index in [-0.39, 0.29) is 13.2 Å². The lowest BCUT2D eigenvalue weighted by atomic mass is 10.1. The fourth-order valence-electron chi connectivity index (χ4n) is 2.37. The summed E-state index contributed by atoms with van der Waals surface area (Å²) in [6, 6.07) is 8.11. The lowest BCUT2D eigenvalue weighted by Crippen LogP contribution is -2.39. The van der Waals surface area contributed by atoms with Crippen molar-refractivity contribution in [1.82, 2.24) is 14.7 Å². The normalized spacial score (nSPS) is 11.8. The van der Waals surface area contributed by atoms with Crippen LogP contribution in [0.3, 0.4) is 0 Å². The van der Waals surface area contributed by atoms with E-state index in [1.54, 1.807) is 17.8 Å². The molecule has 1 N–H and O–H groups in total. The number of hydrogen-bond donors (Lipinski definition) is 1. The van der Waals surface area contributed by atoms with Gasteiger partial charge in [-0.3, -0.25) is 9.58 Å². The number of amides is 1. The first-order valence-corrected chi connectivity index (χ1v) is 7.79. The molecule has 1 heterocycles. The molecule has 0 fully saturated rings. The van der Waals surface area contributed by atoms with Crippen LogP contribution >= 0.6 is 0 Å². The van der Waals surface area contributed by atoms with Gasteiger partial charge in [0.2, 0.25) is 0 Å². The van der Waals surface area contributed by atoms with Gasteiger partial charge in [-0.05, 0) is 19.4 Å². The number of hydrogen-bond acceptors (Lipinski definition) is 4. The summed E-state index contributed by atoms with van der Waals surface area (Å²) < 4.78 is 6.88. The predicted molar refractivity (Wildman–Crippen MR) is 87.3 cm³/mol. The van der Waals surface area contributed by atoms with Crippen molar-refractivity contribution in [3.63, 3.8) is 0 Å². The Morgan fingerprint density at radius 1 is 1.29 bits per heavy atom. The van der Waals surface area contributed by atoms with Crippen molar-refractivity contribution in [2.75, 3.05) is 6.54 Å². The van der Waals surface area contributed by atoms with Gasteiger partial charge in [0, 0.05) is 24.8 Å². The van der Waals surface area contributed by atoms with Gasteiger partial charge < -0.3 is 9.84 Å². The molecule has 7 nitrogen and oxygen atoms in total. The van der Waals surface area contributed by atoms with Crippen LogP contribution in [0.4, 0.5) is 4.79 Å². The van der Waals surface area contributed by atoms with Gasteiger partial charge in [0.15, 0.2) is 6.04 Å². The minimum absolute atomic E-state index is 0.0940. The van der Waals surface area contributed by atoms with E-state index < -0.39 is 18.1 Å². The smallest absolute Gasteiger partial charge is 0.411 e. The minimum atomic E-state index is -1.13. The third-order valence-corrected chi connectivity index (χ3v) is 3.62. The van der Waals surface area contributed by atoms with Gasteiger partial charge in [-0.25, -0.2) is 9.59 Å². The fraction of sp³-hybridized carbons (Fsp3) is 0.353. The Morgan fingerprint density at radius 2 is 2.00 bits per heavy atom. The number of likely N-dealkylation sites (N-methyl/N-ethyl adjacent to an activating group) is 1. The highest BCUT2D eigenvalue weighted by molar-refractivity contribution is 5.81. The summed E-state index contributed by atoms with van der Waals surface area (Å²) in [6.45, 7) is 4.54. The van der Waals surface area contributed by atoms with E-state index in [1.807, 2.05) is 37.3 Å². The van der Waals surface area contributed by atoms with E-state index in [2.05, 4.69) is 5.10 Å². The number of benzene rings is 1. The Hall–Kier alpha value is -2.83. The molecule has 0 aliphatic carbocycles. The highest BCUT2D eigenvalue weighted by atomic mass is 16.6. The summed E-state index contributed by atoms with van der Waals surface area (Å²) in [5.74, 6) is -1.12. The Bertz CT molecular complexity index is 684. The second kappa shape index (κ2) is 8.14. The first-order valence-electron chi connectivity index (χ1n) is 7.79. The van der Waals surface area contributed by atoms with Crippen molar-refractivity contribution in [2.24, 2.45) is 0 Å². The van der Waals surface area contributed by atoms with Crippen LogP contribution in [-0.4, -0.2) is 38.4 Å². The molecule has 0 aliphatic rings. The van der Waals surface area contributed by atoms with Gasteiger partial charge in [0.05, 0.1) is 6.20 Å². The van der Waals surface area contributed by atoms with Crippen LogP contribution in [0.2, 0.25) is 0 Å². The van der Waals surface area contributed by atoms with Gasteiger partial charge in [0.1, 0.15) is 6.61 Å². The van der Waals surface area contributed by atoms with E-state index in [4.69, 9.17) is 4.74 Å². The number of carboxylic acid groups (broad SMARTS) is 1. The Kier molecular flexibility index (Phi) is 5.95. The van der Waals surface area contributed by atoms with Crippen molar-refractivity contribution in [3.8, 4) is 0 Å². The molecule has 0 saturated carbocycles. The molecule has 0 spiro atoms. The predicted octanol–water partition coefficient (Wildman–Crippen LogP) is 2.69. The number of aryl methyl sites for hydroxylation is 1. The van der Waals surface area contributed by atoms with Crippen LogP contribution in [0.5, 0.6) is 0 Å². The zero-order valence-corrected chi connectivity index (χ0v) is 13.8. The zero-order chi connectivity index (χ0) is 17.5. The minimum Gasteiger partial charge on any atom is -0.479 e. The number of carbonyl (C=O) groups is 2. The summed E-state index contributed by atoms with van der Waals surface area (Å²) in [6.07, 6.45) is 2.43. The maximum Gasteiger partial charge on any atom is 0.411 e. The van der Waals surface area contributed by atoms with E-state index >= 15 is 0 Å². The molecule has 2 rings (SSSR count). The number of carboxylic acids is 1. The van der Waals surface area contributed by atoms with Gasteiger partial charge in [-0.1, -0.05) is 30.3 Å². The Labute approximate surface area is 140 Å². The molecule has 128 valence electrons. The van der Waals surface area contributed by atoms with Crippen molar-refractivity contribution >= 4 is 12.1 Å². The molecule has 1 unspecified atom stereocenters. The number of ether oxygens (including phenoxy) is 1. The second-order valence-electron chi connectivity index (χ2n) is 5.20. The van der Waals surface area contributed by atoms with Crippen LogP contribution in [0.25, 0.3) is 0 Å². The van der Waals surface area contributed by atoms with Gasteiger partial charge in [-0.15, -0.1) is 0 Å². The van der Waals surface area contributed by atoms with Crippen LogP contribution in [-0.2, 0) is 22.7 Å². The molecule has 1 amide bonds. The molecule has 2 aromatic rings. The standard InChI is InChI=1S/C17H21N3O4/c1-3-19-11-14(10-18-19)15(16(21)22)20(4-2)17(23)24-12-13-8-6-5-7-9-13/h5-11,15H,3-4,12H2,1-2H3,(H,21,22). The molecule has 1 aromatic heterocycles. The van der Waals surface area contributed by atoms with E-state index in [0.717, 1.165) is 5.56 Å². The van der Waals surface area contributed by atoms with Crippen molar-refractivity contribution < 1.29 is 19.4 Å². The lowest BCUT2D eigenvalue weighted by molar-refractivity contribution is -0.143. The van der Waals surface area contributed by atoms with Crippen LogP contribution in [0.1, 0.15) is 31.0 Å². The summed E-state index contributed by atoms with van der Waals surface area (Å²) >= 11 is 0. The first-order chi connectivity index (χ1) is 11.6. The third-order valence-electron chi connectivity index (χ3n) is 3.62. The number of aromatic nitrogens is 2. The van der Waals surface area contributed by atoms with E-state index in [0.29, 0.717) is 12.1 Å². The molecule has 7 heteroatoms. The number of carbonyl (C=O) groups excluding carboxylic acids is 1. The largest absolute Gasteiger partial charge is 0.479 e. The average molecular weight is 331 g/mol. The number of rotatable bonds is 7. The van der Waals surface area contributed by atoms with Crippen molar-refractivity contribution in [1.29, 1.82) is 0 Å². The molecule has 0 saturated heterocycles. The Morgan fingerprint density at radius 3 is 2.54 bits per heavy atom. The third kappa shape index (κ3) is 4.13. The number of nitrogens with zero attached hydrogens (tertiary/aromatic N) is 3. The first kappa shape index (κ1) is 17.5.